The van der Waals surface area contributed by atoms with E-state index in [2.05, 4.69) is 0 Å². The largest absolute Gasteiger partial charge is 0.335 e. The molecule has 1 fully saturated rings. The van der Waals surface area contributed by atoms with Gasteiger partial charge in [-0.2, -0.15) is 0 Å². The van der Waals surface area contributed by atoms with Crippen molar-refractivity contribution in [1.82, 2.24) is 4.90 Å². The van der Waals surface area contributed by atoms with Gasteiger partial charge in [0, 0.05) is 24.6 Å². The van der Waals surface area contributed by atoms with Crippen LogP contribution in [-0.4, -0.2) is 29.2 Å². The molecule has 1 aromatic rings. The number of ketones is 1. The molecular formula is C17H23NO2. The van der Waals surface area contributed by atoms with Crippen molar-refractivity contribution >= 4 is 11.7 Å². The molecule has 108 valence electrons. The van der Waals surface area contributed by atoms with Crippen molar-refractivity contribution in [3.63, 3.8) is 0 Å². The van der Waals surface area contributed by atoms with Crippen molar-refractivity contribution in [2.75, 3.05) is 6.54 Å². The van der Waals surface area contributed by atoms with E-state index in [1.807, 2.05) is 36.9 Å². The van der Waals surface area contributed by atoms with E-state index in [4.69, 9.17) is 0 Å². The van der Waals surface area contributed by atoms with Gasteiger partial charge in [-0.25, -0.2) is 0 Å². The number of hydrogen-bond acceptors (Lipinski definition) is 2. The minimum absolute atomic E-state index is 0.0775. The third-order valence-corrected chi connectivity index (χ3v) is 4.03. The summed E-state index contributed by atoms with van der Waals surface area (Å²) in [6, 6.07) is 6.05. The molecule has 1 atom stereocenters. The summed E-state index contributed by atoms with van der Waals surface area (Å²) < 4.78 is 0. The highest BCUT2D eigenvalue weighted by atomic mass is 16.2. The van der Waals surface area contributed by atoms with E-state index >= 15 is 0 Å². The molecule has 0 aliphatic carbocycles. The van der Waals surface area contributed by atoms with Gasteiger partial charge in [-0.15, -0.1) is 0 Å². The van der Waals surface area contributed by atoms with Crippen LogP contribution in [0.15, 0.2) is 18.2 Å². The quantitative estimate of drug-likeness (QED) is 0.847. The van der Waals surface area contributed by atoms with Gasteiger partial charge >= 0.3 is 0 Å². The number of carbonyl (C=O) groups excluding carboxylic acids is 2. The Morgan fingerprint density at radius 1 is 1.25 bits per heavy atom. The maximum atomic E-state index is 12.8. The fraction of sp³-hybridized carbons (Fsp3) is 0.529. The smallest absolute Gasteiger partial charge is 0.254 e. The summed E-state index contributed by atoms with van der Waals surface area (Å²) in [4.78, 5) is 26.1. The number of benzene rings is 1. The molecule has 2 rings (SSSR count). The normalized spacial score (nSPS) is 18.9. The van der Waals surface area contributed by atoms with Crippen LogP contribution in [0.5, 0.6) is 0 Å². The first-order valence-electron chi connectivity index (χ1n) is 7.36. The highest BCUT2D eigenvalue weighted by Crippen LogP contribution is 2.23. The molecule has 0 saturated carbocycles. The van der Waals surface area contributed by atoms with Crippen molar-refractivity contribution in [3.8, 4) is 0 Å². The van der Waals surface area contributed by atoms with Crippen molar-refractivity contribution in [1.29, 1.82) is 0 Å². The van der Waals surface area contributed by atoms with Gasteiger partial charge in [0.25, 0.3) is 5.91 Å². The molecule has 1 aliphatic heterocycles. The highest BCUT2D eigenvalue weighted by molar-refractivity contribution is 5.96. The molecular weight excluding hydrogens is 250 g/mol. The molecule has 0 radical (unpaired) electrons. The lowest BCUT2D eigenvalue weighted by atomic mass is 9.95. The summed E-state index contributed by atoms with van der Waals surface area (Å²) in [5, 5.41) is 0. The number of piperidine rings is 1. The van der Waals surface area contributed by atoms with Gasteiger partial charge in [0.2, 0.25) is 0 Å². The minimum Gasteiger partial charge on any atom is -0.335 e. The van der Waals surface area contributed by atoms with Crippen LogP contribution in [0, 0.1) is 13.8 Å². The van der Waals surface area contributed by atoms with Crippen molar-refractivity contribution < 1.29 is 9.59 Å². The lowest BCUT2D eigenvalue weighted by Crippen LogP contribution is -2.44. The van der Waals surface area contributed by atoms with Crippen LogP contribution in [0.4, 0.5) is 0 Å². The van der Waals surface area contributed by atoms with Crippen LogP contribution in [0.25, 0.3) is 0 Å². The molecule has 0 bridgehead atoms. The van der Waals surface area contributed by atoms with E-state index in [1.54, 1.807) is 6.92 Å². The van der Waals surface area contributed by atoms with Crippen LogP contribution in [0.1, 0.15) is 54.1 Å². The first kappa shape index (κ1) is 14.8. The summed E-state index contributed by atoms with van der Waals surface area (Å²) in [7, 11) is 0. The van der Waals surface area contributed by atoms with Crippen LogP contribution < -0.4 is 0 Å². The van der Waals surface area contributed by atoms with E-state index < -0.39 is 0 Å². The number of Topliss-reactive ketones (excluding diaryl/α,β-unsaturated/α-hetero) is 1. The molecule has 1 aromatic carbocycles. The molecule has 20 heavy (non-hydrogen) atoms. The number of likely N-dealkylation sites (tertiary alicyclic amines) is 1. The van der Waals surface area contributed by atoms with Crippen LogP contribution in [0.3, 0.4) is 0 Å². The molecule has 1 amide bonds. The Labute approximate surface area is 121 Å². The summed E-state index contributed by atoms with van der Waals surface area (Å²) >= 11 is 0. The van der Waals surface area contributed by atoms with Crippen molar-refractivity contribution in [2.24, 2.45) is 0 Å². The second-order valence-corrected chi connectivity index (χ2v) is 5.87. The molecule has 1 unspecified atom stereocenters. The Kier molecular flexibility index (Phi) is 4.58. The zero-order valence-electron chi connectivity index (χ0n) is 12.6. The molecule has 1 saturated heterocycles. The Bertz CT molecular complexity index is 522. The van der Waals surface area contributed by atoms with Gasteiger partial charge in [0.15, 0.2) is 0 Å². The predicted octanol–water partition coefficient (Wildman–Crippen LogP) is 3.28. The minimum atomic E-state index is 0.0775. The van der Waals surface area contributed by atoms with Crippen LogP contribution >= 0.6 is 0 Å². The lowest BCUT2D eigenvalue weighted by Gasteiger charge is -2.35. The van der Waals surface area contributed by atoms with Crippen molar-refractivity contribution in [3.05, 3.63) is 34.9 Å². The number of carbonyl (C=O) groups is 2. The maximum Gasteiger partial charge on any atom is 0.254 e. The van der Waals surface area contributed by atoms with E-state index in [0.29, 0.717) is 6.42 Å². The third-order valence-electron chi connectivity index (χ3n) is 4.03. The molecule has 1 aliphatic rings. The Balaban J connectivity index is 2.25. The third kappa shape index (κ3) is 3.27. The average Bonchev–Trinajstić information content (AvgIpc) is 2.41. The van der Waals surface area contributed by atoms with Gasteiger partial charge in [0.05, 0.1) is 0 Å². The van der Waals surface area contributed by atoms with Crippen LogP contribution in [0.2, 0.25) is 0 Å². The van der Waals surface area contributed by atoms with E-state index in [9.17, 15) is 9.59 Å². The summed E-state index contributed by atoms with van der Waals surface area (Å²) in [6.07, 6.45) is 3.56. The monoisotopic (exact) mass is 273 g/mol. The molecule has 0 aromatic heterocycles. The SMILES string of the molecule is CC(=O)CC1CCCCN1C(=O)c1cc(C)ccc1C. The summed E-state index contributed by atoms with van der Waals surface area (Å²) in [5.41, 5.74) is 2.88. The van der Waals surface area contributed by atoms with Gasteiger partial charge in [-0.1, -0.05) is 17.7 Å². The maximum absolute atomic E-state index is 12.8. The number of nitrogens with zero attached hydrogens (tertiary/aromatic N) is 1. The standard InChI is InChI=1S/C17H23NO2/c1-12-7-8-13(2)16(10-12)17(20)18-9-5-4-6-15(18)11-14(3)19/h7-8,10,15H,4-6,9,11H2,1-3H3. The zero-order chi connectivity index (χ0) is 14.7. The number of hydrogen-bond donors (Lipinski definition) is 0. The van der Waals surface area contributed by atoms with Gasteiger partial charge < -0.3 is 4.90 Å². The summed E-state index contributed by atoms with van der Waals surface area (Å²) in [5.74, 6) is 0.243. The van der Waals surface area contributed by atoms with E-state index in [0.717, 1.165) is 42.5 Å². The van der Waals surface area contributed by atoms with E-state index in [1.165, 1.54) is 0 Å². The topological polar surface area (TPSA) is 37.4 Å². The first-order valence-corrected chi connectivity index (χ1v) is 7.36. The Morgan fingerprint density at radius 3 is 2.70 bits per heavy atom. The highest BCUT2D eigenvalue weighted by Gasteiger charge is 2.28. The fourth-order valence-corrected chi connectivity index (χ4v) is 2.93. The Morgan fingerprint density at radius 2 is 2.00 bits per heavy atom. The first-order chi connectivity index (χ1) is 9.49. The number of amides is 1. The van der Waals surface area contributed by atoms with E-state index in [-0.39, 0.29) is 17.7 Å². The second-order valence-electron chi connectivity index (χ2n) is 5.87. The molecule has 1 heterocycles. The molecule has 0 N–H and O–H groups in total. The number of aryl methyl sites for hydroxylation is 2. The van der Waals surface area contributed by atoms with Crippen molar-refractivity contribution in [2.45, 2.75) is 52.5 Å². The molecule has 3 heteroatoms. The predicted molar refractivity (Wildman–Crippen MR) is 79.9 cm³/mol. The molecule has 0 spiro atoms. The lowest BCUT2D eigenvalue weighted by molar-refractivity contribution is -0.118. The van der Waals surface area contributed by atoms with Gasteiger partial charge in [0.1, 0.15) is 5.78 Å². The fourth-order valence-electron chi connectivity index (χ4n) is 2.93. The number of rotatable bonds is 3. The summed E-state index contributed by atoms with van der Waals surface area (Å²) in [6.45, 7) is 6.34. The second kappa shape index (κ2) is 6.21. The van der Waals surface area contributed by atoms with Gasteiger partial charge in [-0.05, 0) is 51.7 Å². The molecule has 3 nitrogen and oxygen atoms in total. The van der Waals surface area contributed by atoms with Gasteiger partial charge in [-0.3, -0.25) is 9.59 Å². The Hall–Kier alpha value is -1.64. The average molecular weight is 273 g/mol. The van der Waals surface area contributed by atoms with Crippen LogP contribution in [-0.2, 0) is 4.79 Å². The zero-order valence-corrected chi connectivity index (χ0v) is 12.6.